The van der Waals surface area contributed by atoms with Crippen LogP contribution in [0.4, 0.5) is 26.3 Å². The van der Waals surface area contributed by atoms with E-state index in [1.807, 2.05) is 0 Å². The van der Waals surface area contributed by atoms with Crippen LogP contribution in [-0.4, -0.2) is 47.5 Å². The Labute approximate surface area is 280 Å². The lowest BCUT2D eigenvalue weighted by Gasteiger charge is -2.37. The number of carbonyl (C=O) groups is 2. The maximum absolute atomic E-state index is 12.7. The highest BCUT2D eigenvalue weighted by molar-refractivity contribution is 5.89. The average Bonchev–Trinajstić information content (AvgIpc) is 3.07. The van der Waals surface area contributed by atoms with Crippen molar-refractivity contribution in [2.75, 3.05) is 26.2 Å². The number of hydrogen-bond donors (Lipinski definition) is 0. The van der Waals surface area contributed by atoms with Gasteiger partial charge in [-0.1, -0.05) is 51.3 Å². The molecule has 264 valence electrons. The first-order chi connectivity index (χ1) is 22.7. The molecule has 4 nitrogen and oxygen atoms in total. The zero-order chi connectivity index (χ0) is 35.5. The number of likely N-dealkylation sites (tertiary alicyclic amines) is 2. The van der Waals surface area contributed by atoms with Crippen LogP contribution in [0.15, 0.2) is 73.8 Å². The van der Waals surface area contributed by atoms with E-state index < -0.39 is 23.5 Å². The molecule has 0 bridgehead atoms. The SMILES string of the molecule is C=CC(=O)CC1CCN([C@@H](CC)c2ccc(C(F)(F)F)cc2)CC1.C=CC(=O)CC1CCN([C@H](CC)c2ccc(C(F)(F)F)cc2)CC1. The van der Waals surface area contributed by atoms with Gasteiger partial charge in [-0.25, -0.2) is 0 Å². The van der Waals surface area contributed by atoms with E-state index in [2.05, 4.69) is 36.8 Å². The Kier molecular flexibility index (Phi) is 14.7. The molecule has 0 aromatic heterocycles. The number of rotatable bonds is 12. The molecule has 48 heavy (non-hydrogen) atoms. The number of halogens is 6. The van der Waals surface area contributed by atoms with E-state index in [0.717, 1.165) is 100 Å². The third-order valence-electron chi connectivity index (χ3n) is 9.63. The summed E-state index contributed by atoms with van der Waals surface area (Å²) in [5.74, 6) is 0.945. The number of allylic oxidation sites excluding steroid dienone is 2. The van der Waals surface area contributed by atoms with E-state index in [-0.39, 0.29) is 23.7 Å². The van der Waals surface area contributed by atoms with Gasteiger partial charge in [0.15, 0.2) is 11.6 Å². The number of ketones is 2. The number of hydrogen-bond acceptors (Lipinski definition) is 4. The molecule has 2 fully saturated rings. The largest absolute Gasteiger partial charge is 0.416 e. The van der Waals surface area contributed by atoms with E-state index in [1.54, 1.807) is 24.3 Å². The Morgan fingerprint density at radius 1 is 0.646 bits per heavy atom. The zero-order valence-corrected chi connectivity index (χ0v) is 28.0. The van der Waals surface area contributed by atoms with Crippen molar-refractivity contribution in [3.8, 4) is 0 Å². The van der Waals surface area contributed by atoms with E-state index in [1.165, 1.54) is 12.2 Å². The van der Waals surface area contributed by atoms with Crippen LogP contribution in [0.25, 0.3) is 0 Å². The zero-order valence-electron chi connectivity index (χ0n) is 28.0. The van der Waals surface area contributed by atoms with Crippen LogP contribution in [0.3, 0.4) is 0 Å². The van der Waals surface area contributed by atoms with Crippen LogP contribution in [0.5, 0.6) is 0 Å². The lowest BCUT2D eigenvalue weighted by Crippen LogP contribution is -2.37. The summed E-state index contributed by atoms with van der Waals surface area (Å²) in [6.07, 6.45) is 0.728. The van der Waals surface area contributed by atoms with Gasteiger partial charge in [0.05, 0.1) is 11.1 Å². The van der Waals surface area contributed by atoms with Crippen LogP contribution in [-0.2, 0) is 21.9 Å². The topological polar surface area (TPSA) is 40.6 Å². The maximum Gasteiger partial charge on any atom is 0.416 e. The molecule has 2 heterocycles. The highest BCUT2D eigenvalue weighted by Crippen LogP contribution is 2.35. The summed E-state index contributed by atoms with van der Waals surface area (Å²) in [7, 11) is 0. The monoisotopic (exact) mass is 678 g/mol. The number of piperidine rings is 2. The Morgan fingerprint density at radius 2 is 0.938 bits per heavy atom. The van der Waals surface area contributed by atoms with Gasteiger partial charge in [-0.2, -0.15) is 26.3 Å². The first-order valence-corrected chi connectivity index (χ1v) is 16.8. The van der Waals surface area contributed by atoms with Gasteiger partial charge in [-0.15, -0.1) is 0 Å². The first-order valence-electron chi connectivity index (χ1n) is 16.8. The first kappa shape index (κ1) is 39.2. The third kappa shape index (κ3) is 11.4. The summed E-state index contributed by atoms with van der Waals surface area (Å²) in [6.45, 7) is 14.6. The summed E-state index contributed by atoms with van der Waals surface area (Å²) < 4.78 is 76.1. The van der Waals surface area contributed by atoms with Crippen LogP contribution < -0.4 is 0 Å². The minimum atomic E-state index is -4.30. The molecule has 2 aliphatic rings. The molecular weight excluding hydrogens is 630 g/mol. The van der Waals surface area contributed by atoms with Crippen molar-refractivity contribution in [1.82, 2.24) is 9.80 Å². The van der Waals surface area contributed by atoms with Gasteiger partial charge in [0.25, 0.3) is 0 Å². The second-order valence-corrected chi connectivity index (χ2v) is 12.8. The van der Waals surface area contributed by atoms with Gasteiger partial charge in [-0.05, 0) is 124 Å². The Morgan fingerprint density at radius 3 is 1.17 bits per heavy atom. The van der Waals surface area contributed by atoms with E-state index >= 15 is 0 Å². The molecule has 0 spiro atoms. The van der Waals surface area contributed by atoms with Gasteiger partial charge in [0.2, 0.25) is 0 Å². The normalized spacial score (nSPS) is 18.3. The molecule has 2 aromatic rings. The molecule has 2 atom stereocenters. The Hall–Kier alpha value is -3.24. The fraction of sp³-hybridized carbons (Fsp3) is 0.526. The van der Waals surface area contributed by atoms with Crippen LogP contribution in [0.1, 0.15) is 99.6 Å². The number of carbonyl (C=O) groups excluding carboxylic acids is 2. The quantitative estimate of drug-likeness (QED) is 0.166. The number of benzene rings is 2. The van der Waals surface area contributed by atoms with Gasteiger partial charge in [0.1, 0.15) is 0 Å². The standard InChI is InChI=1S/2C19H24F3NO/c2*1-3-17(24)13-14-9-11-23(12-10-14)18(4-2)15-5-7-16(8-6-15)19(20,21)22/h2*3,5-8,14,18H,1,4,9-13H2,2H3/t2*18-/m10/s1. The predicted octanol–water partition coefficient (Wildman–Crippen LogP) is 10.0. The fourth-order valence-corrected chi connectivity index (χ4v) is 6.87. The Bertz CT molecular complexity index is 1220. The van der Waals surface area contributed by atoms with Crippen molar-refractivity contribution in [3.05, 3.63) is 96.1 Å². The summed E-state index contributed by atoms with van der Waals surface area (Å²) in [5, 5.41) is 0. The maximum atomic E-state index is 12.7. The highest BCUT2D eigenvalue weighted by Gasteiger charge is 2.32. The van der Waals surface area contributed by atoms with Gasteiger partial charge >= 0.3 is 12.4 Å². The molecule has 2 aromatic carbocycles. The minimum absolute atomic E-state index is 0.0863. The molecule has 0 radical (unpaired) electrons. The second kappa shape index (κ2) is 18.0. The third-order valence-corrected chi connectivity index (χ3v) is 9.63. The van der Waals surface area contributed by atoms with Crippen LogP contribution in [0.2, 0.25) is 0 Å². The van der Waals surface area contributed by atoms with Crippen molar-refractivity contribution in [3.63, 3.8) is 0 Å². The summed E-state index contributed by atoms with van der Waals surface area (Å²) in [4.78, 5) is 27.6. The Balaban J connectivity index is 0.000000260. The van der Waals surface area contributed by atoms with Crippen molar-refractivity contribution < 1.29 is 35.9 Å². The molecule has 4 rings (SSSR count). The van der Waals surface area contributed by atoms with E-state index in [0.29, 0.717) is 24.7 Å². The predicted molar refractivity (Wildman–Crippen MR) is 177 cm³/mol. The molecule has 2 saturated heterocycles. The molecule has 2 aliphatic heterocycles. The number of nitrogens with zero attached hydrogens (tertiary/aromatic N) is 2. The molecule has 0 amide bonds. The lowest BCUT2D eigenvalue weighted by molar-refractivity contribution is -0.138. The van der Waals surface area contributed by atoms with Crippen molar-refractivity contribution in [1.29, 1.82) is 0 Å². The molecular formula is C38H48F6N2O2. The van der Waals surface area contributed by atoms with Crippen LogP contribution in [0, 0.1) is 11.8 Å². The molecule has 0 N–H and O–H groups in total. The smallest absolute Gasteiger partial charge is 0.296 e. The summed E-state index contributed by atoms with van der Waals surface area (Å²) in [5.41, 5.74) is 0.628. The van der Waals surface area contributed by atoms with Gasteiger partial charge in [-0.3, -0.25) is 19.4 Å². The van der Waals surface area contributed by atoms with Crippen molar-refractivity contribution in [2.24, 2.45) is 11.8 Å². The molecule has 10 heteroatoms. The van der Waals surface area contributed by atoms with E-state index in [4.69, 9.17) is 0 Å². The number of alkyl halides is 6. The molecule has 0 unspecified atom stereocenters. The second-order valence-electron chi connectivity index (χ2n) is 12.8. The van der Waals surface area contributed by atoms with Gasteiger partial charge < -0.3 is 0 Å². The van der Waals surface area contributed by atoms with E-state index in [9.17, 15) is 35.9 Å². The summed E-state index contributed by atoms with van der Waals surface area (Å²) >= 11 is 0. The molecule has 0 aliphatic carbocycles. The van der Waals surface area contributed by atoms with Crippen LogP contribution >= 0.6 is 0 Å². The average molecular weight is 679 g/mol. The minimum Gasteiger partial charge on any atom is -0.296 e. The van der Waals surface area contributed by atoms with Crippen molar-refractivity contribution in [2.45, 2.75) is 89.7 Å². The highest BCUT2D eigenvalue weighted by atomic mass is 19.4. The summed E-state index contributed by atoms with van der Waals surface area (Å²) in [6, 6.07) is 11.2. The fourth-order valence-electron chi connectivity index (χ4n) is 6.87. The van der Waals surface area contributed by atoms with Crippen molar-refractivity contribution >= 4 is 11.6 Å². The lowest BCUT2D eigenvalue weighted by atomic mass is 9.89. The van der Waals surface area contributed by atoms with Gasteiger partial charge in [0, 0.05) is 24.9 Å². The molecule has 0 saturated carbocycles.